The molecule has 0 amide bonds. The second-order valence-electron chi connectivity index (χ2n) is 6.13. The molecule has 0 saturated heterocycles. The van der Waals surface area contributed by atoms with Crippen LogP contribution >= 0.6 is 0 Å². The first-order valence-corrected chi connectivity index (χ1v) is 7.79. The van der Waals surface area contributed by atoms with Gasteiger partial charge in [0.1, 0.15) is 0 Å². The van der Waals surface area contributed by atoms with E-state index in [2.05, 4.69) is 42.6 Å². The number of hydrogen-bond acceptors (Lipinski definition) is 4. The van der Waals surface area contributed by atoms with Crippen LogP contribution in [0.5, 0.6) is 5.88 Å². The van der Waals surface area contributed by atoms with Crippen LogP contribution < -0.4 is 4.74 Å². The smallest absolute Gasteiger partial charge is 0.309 e. The molecule has 0 fully saturated rings. The molecule has 1 N–H and O–H groups in total. The number of carbonyl (C=O) groups is 1. The van der Waals surface area contributed by atoms with Crippen molar-refractivity contribution in [2.75, 3.05) is 6.54 Å². The fourth-order valence-electron chi connectivity index (χ4n) is 2.79. The Kier molecular flexibility index (Phi) is 5.19. The molecule has 0 unspecified atom stereocenters. The molecule has 0 saturated carbocycles. The monoisotopic (exact) mass is 303 g/mol. The summed E-state index contributed by atoms with van der Waals surface area (Å²) >= 11 is 0. The zero-order chi connectivity index (χ0) is 16.3. The Labute approximate surface area is 131 Å². The van der Waals surface area contributed by atoms with Crippen molar-refractivity contribution in [3.63, 3.8) is 0 Å². The number of carbonyl (C=O) groups excluding carboxylic acids is 1. The van der Waals surface area contributed by atoms with Gasteiger partial charge in [-0.2, -0.15) is 0 Å². The molecule has 5 nitrogen and oxygen atoms in total. The van der Waals surface area contributed by atoms with Gasteiger partial charge >= 0.3 is 5.97 Å². The minimum atomic E-state index is -0.352. The van der Waals surface area contributed by atoms with Crippen molar-refractivity contribution < 1.29 is 9.53 Å². The Morgan fingerprint density at radius 3 is 2.55 bits per heavy atom. The SMILES string of the molecule is CC(=O)Oc1ccc2[nH]cc(CCN(C(C)C)C(C)C)c2n1. The molecular formula is C17H25N3O2. The van der Waals surface area contributed by atoms with Gasteiger partial charge in [0.15, 0.2) is 0 Å². The van der Waals surface area contributed by atoms with Gasteiger partial charge in [-0.1, -0.05) is 0 Å². The molecule has 0 bridgehead atoms. The van der Waals surface area contributed by atoms with E-state index in [9.17, 15) is 4.79 Å². The van der Waals surface area contributed by atoms with Crippen LogP contribution in [0.25, 0.3) is 11.0 Å². The minimum absolute atomic E-state index is 0.352. The number of rotatable bonds is 6. The van der Waals surface area contributed by atoms with E-state index in [0.717, 1.165) is 29.6 Å². The Hall–Kier alpha value is -1.88. The summed E-state index contributed by atoms with van der Waals surface area (Å²) in [4.78, 5) is 21.2. The summed E-state index contributed by atoms with van der Waals surface area (Å²) < 4.78 is 5.07. The molecule has 22 heavy (non-hydrogen) atoms. The third kappa shape index (κ3) is 3.85. The highest BCUT2D eigenvalue weighted by molar-refractivity contribution is 5.80. The number of aromatic amines is 1. The van der Waals surface area contributed by atoms with Gasteiger partial charge < -0.3 is 9.72 Å². The van der Waals surface area contributed by atoms with Crippen LogP contribution in [-0.2, 0) is 11.2 Å². The van der Waals surface area contributed by atoms with Crippen molar-refractivity contribution in [2.24, 2.45) is 0 Å². The summed E-state index contributed by atoms with van der Waals surface area (Å²) in [6.45, 7) is 11.2. The van der Waals surface area contributed by atoms with E-state index in [0.29, 0.717) is 18.0 Å². The number of ether oxygens (including phenoxy) is 1. The van der Waals surface area contributed by atoms with Gasteiger partial charge in [-0.15, -0.1) is 0 Å². The van der Waals surface area contributed by atoms with Crippen LogP contribution in [0.3, 0.4) is 0 Å². The standard InChI is InChI=1S/C17H25N3O2/c1-11(2)20(12(3)4)9-8-14-10-18-15-6-7-16(19-17(14)15)22-13(5)21/h6-7,10-12,18H,8-9H2,1-5H3. The molecular weight excluding hydrogens is 278 g/mol. The molecule has 2 rings (SSSR count). The molecule has 0 atom stereocenters. The lowest BCUT2D eigenvalue weighted by atomic mass is 10.1. The normalized spacial score (nSPS) is 11.8. The van der Waals surface area contributed by atoms with Crippen molar-refractivity contribution in [1.82, 2.24) is 14.9 Å². The number of pyridine rings is 1. The fourth-order valence-corrected chi connectivity index (χ4v) is 2.79. The van der Waals surface area contributed by atoms with Gasteiger partial charge in [0.2, 0.25) is 5.88 Å². The van der Waals surface area contributed by atoms with E-state index in [-0.39, 0.29) is 5.97 Å². The van der Waals surface area contributed by atoms with Crippen molar-refractivity contribution in [2.45, 2.75) is 53.1 Å². The molecule has 2 aromatic heterocycles. The lowest BCUT2D eigenvalue weighted by molar-refractivity contribution is -0.132. The Bertz CT molecular complexity index is 638. The van der Waals surface area contributed by atoms with Crippen molar-refractivity contribution in [3.8, 4) is 5.88 Å². The highest BCUT2D eigenvalue weighted by atomic mass is 16.5. The lowest BCUT2D eigenvalue weighted by Crippen LogP contribution is -2.38. The van der Waals surface area contributed by atoms with Crippen molar-refractivity contribution in [1.29, 1.82) is 0 Å². The number of fused-ring (bicyclic) bond motifs is 1. The van der Waals surface area contributed by atoms with Crippen LogP contribution in [0.4, 0.5) is 0 Å². The first kappa shape index (κ1) is 16.5. The quantitative estimate of drug-likeness (QED) is 0.833. The first-order valence-electron chi connectivity index (χ1n) is 7.79. The highest BCUT2D eigenvalue weighted by Crippen LogP contribution is 2.21. The molecule has 2 aromatic rings. The summed E-state index contributed by atoms with van der Waals surface area (Å²) in [5.74, 6) is 0.000140. The van der Waals surface area contributed by atoms with Crippen molar-refractivity contribution in [3.05, 3.63) is 23.9 Å². The maximum Gasteiger partial charge on any atom is 0.309 e. The van der Waals surface area contributed by atoms with E-state index in [1.54, 1.807) is 6.07 Å². The molecule has 2 heterocycles. The lowest BCUT2D eigenvalue weighted by Gasteiger charge is -2.30. The van der Waals surface area contributed by atoms with Gasteiger partial charge in [-0.05, 0) is 45.7 Å². The van der Waals surface area contributed by atoms with E-state index in [4.69, 9.17) is 4.74 Å². The number of hydrogen-bond donors (Lipinski definition) is 1. The number of H-pyrrole nitrogens is 1. The molecule has 0 aliphatic rings. The molecule has 0 radical (unpaired) electrons. The predicted octanol–water partition coefficient (Wildman–Crippen LogP) is 3.15. The maximum atomic E-state index is 11.1. The number of nitrogens with one attached hydrogen (secondary N) is 1. The van der Waals surface area contributed by atoms with E-state index in [1.807, 2.05) is 12.3 Å². The zero-order valence-corrected chi connectivity index (χ0v) is 14.0. The van der Waals surface area contributed by atoms with Gasteiger partial charge in [0, 0.05) is 37.8 Å². The van der Waals surface area contributed by atoms with Gasteiger partial charge in [0.05, 0.1) is 11.0 Å². The molecule has 0 aromatic carbocycles. The van der Waals surface area contributed by atoms with Crippen LogP contribution in [0.1, 0.15) is 40.2 Å². The Morgan fingerprint density at radius 1 is 1.27 bits per heavy atom. The first-order chi connectivity index (χ1) is 10.4. The molecule has 0 aliphatic carbocycles. The average molecular weight is 303 g/mol. The predicted molar refractivity (Wildman–Crippen MR) is 88.1 cm³/mol. The second kappa shape index (κ2) is 6.92. The topological polar surface area (TPSA) is 58.2 Å². The summed E-state index contributed by atoms with van der Waals surface area (Å²) in [5, 5.41) is 0. The van der Waals surface area contributed by atoms with E-state index in [1.165, 1.54) is 6.92 Å². The number of esters is 1. The summed E-state index contributed by atoms with van der Waals surface area (Å²) in [7, 11) is 0. The van der Waals surface area contributed by atoms with Gasteiger partial charge in [-0.3, -0.25) is 9.69 Å². The molecule has 0 aliphatic heterocycles. The largest absolute Gasteiger partial charge is 0.408 e. The molecule has 5 heteroatoms. The zero-order valence-electron chi connectivity index (χ0n) is 14.0. The maximum absolute atomic E-state index is 11.1. The highest BCUT2D eigenvalue weighted by Gasteiger charge is 2.15. The van der Waals surface area contributed by atoms with Crippen molar-refractivity contribution >= 4 is 17.0 Å². The Morgan fingerprint density at radius 2 is 1.95 bits per heavy atom. The third-order valence-electron chi connectivity index (χ3n) is 3.79. The Balaban J connectivity index is 2.18. The molecule has 120 valence electrons. The van der Waals surface area contributed by atoms with Crippen LogP contribution in [-0.4, -0.2) is 39.5 Å². The second-order valence-corrected chi connectivity index (χ2v) is 6.13. The summed E-state index contributed by atoms with van der Waals surface area (Å²) in [6.07, 6.45) is 2.90. The van der Waals surface area contributed by atoms with Gasteiger partial charge in [-0.25, -0.2) is 4.98 Å². The van der Waals surface area contributed by atoms with E-state index >= 15 is 0 Å². The number of nitrogens with zero attached hydrogens (tertiary/aromatic N) is 2. The molecule has 0 spiro atoms. The van der Waals surface area contributed by atoms with E-state index < -0.39 is 0 Å². The third-order valence-corrected chi connectivity index (χ3v) is 3.79. The number of aromatic nitrogens is 2. The van der Waals surface area contributed by atoms with Crippen LogP contribution in [0, 0.1) is 0 Å². The van der Waals surface area contributed by atoms with Gasteiger partial charge in [0.25, 0.3) is 0 Å². The average Bonchev–Trinajstić information content (AvgIpc) is 2.80. The summed E-state index contributed by atoms with van der Waals surface area (Å²) in [5.41, 5.74) is 2.99. The minimum Gasteiger partial charge on any atom is -0.408 e. The van der Waals surface area contributed by atoms with Crippen LogP contribution in [0.2, 0.25) is 0 Å². The fraction of sp³-hybridized carbons (Fsp3) is 0.529. The van der Waals surface area contributed by atoms with Crippen LogP contribution in [0.15, 0.2) is 18.3 Å². The summed E-state index contributed by atoms with van der Waals surface area (Å²) in [6, 6.07) is 4.62.